The zero-order valence-corrected chi connectivity index (χ0v) is 29.6. The number of benzene rings is 1. The molecule has 0 radical (unpaired) electrons. The van der Waals surface area contributed by atoms with Gasteiger partial charge in [0.1, 0.15) is 30.2 Å². The maximum Gasteiger partial charge on any atom is 0.245 e. The van der Waals surface area contributed by atoms with Crippen molar-refractivity contribution in [1.82, 2.24) is 37.2 Å². The largest absolute Gasteiger partial charge is 0.394 e. The molecule has 1 aromatic rings. The molecule has 1 rings (SSSR count). The second kappa shape index (κ2) is 22.6. The van der Waals surface area contributed by atoms with Crippen LogP contribution in [0.1, 0.15) is 53.0 Å². The molecule has 6 atom stereocenters. The van der Waals surface area contributed by atoms with Crippen molar-refractivity contribution in [3.8, 4) is 0 Å². The molecule has 0 bridgehead atoms. The van der Waals surface area contributed by atoms with Gasteiger partial charge < -0.3 is 53.2 Å². The molecule has 0 aliphatic heterocycles. The quantitative estimate of drug-likeness (QED) is 0.0563. The van der Waals surface area contributed by atoms with Crippen LogP contribution in [0.2, 0.25) is 0 Å². The Morgan fingerprint density at radius 3 is 1.75 bits per heavy atom. The summed E-state index contributed by atoms with van der Waals surface area (Å²) in [5.74, 6) is -6.50. The third-order valence-electron chi connectivity index (χ3n) is 7.66. The number of nitrogens with two attached hydrogens (primary N) is 1. The Morgan fingerprint density at radius 2 is 1.22 bits per heavy atom. The van der Waals surface area contributed by atoms with E-state index in [2.05, 4.69) is 37.2 Å². The third kappa shape index (κ3) is 16.4. The molecule has 284 valence electrons. The van der Waals surface area contributed by atoms with E-state index >= 15 is 0 Å². The molecular weight excluding hydrogens is 668 g/mol. The van der Waals surface area contributed by atoms with Crippen LogP contribution in [0.3, 0.4) is 0 Å². The van der Waals surface area contributed by atoms with Crippen LogP contribution in [-0.2, 0) is 44.8 Å². The minimum absolute atomic E-state index is 0.0146. The second-order valence-corrected chi connectivity index (χ2v) is 12.4. The van der Waals surface area contributed by atoms with Gasteiger partial charge >= 0.3 is 0 Å². The number of aliphatic hydroxyl groups excluding tert-OH is 2. The fourth-order valence-electron chi connectivity index (χ4n) is 4.67. The molecule has 11 N–H and O–H groups in total. The highest BCUT2D eigenvalue weighted by atomic mass is 16.3. The summed E-state index contributed by atoms with van der Waals surface area (Å²) in [4.78, 5) is 100. The average Bonchev–Trinajstić information content (AvgIpc) is 3.08. The molecule has 8 amide bonds. The fraction of sp³-hybridized carbons (Fsp3) is 0.576. The molecule has 1 aromatic carbocycles. The second-order valence-electron chi connectivity index (χ2n) is 12.4. The van der Waals surface area contributed by atoms with E-state index in [4.69, 9.17) is 10.8 Å². The van der Waals surface area contributed by atoms with E-state index in [0.29, 0.717) is 12.0 Å². The van der Waals surface area contributed by atoms with Crippen LogP contribution in [0.5, 0.6) is 0 Å². The van der Waals surface area contributed by atoms with E-state index in [1.165, 1.54) is 6.92 Å². The molecule has 0 unspecified atom stereocenters. The van der Waals surface area contributed by atoms with Gasteiger partial charge in [0.25, 0.3) is 0 Å². The van der Waals surface area contributed by atoms with Crippen LogP contribution in [0, 0.1) is 11.8 Å². The van der Waals surface area contributed by atoms with Crippen LogP contribution in [0.25, 0.3) is 0 Å². The van der Waals surface area contributed by atoms with Gasteiger partial charge in [-0.3, -0.25) is 38.4 Å². The smallest absolute Gasteiger partial charge is 0.245 e. The zero-order chi connectivity index (χ0) is 38.7. The zero-order valence-electron chi connectivity index (χ0n) is 29.6. The van der Waals surface area contributed by atoms with E-state index in [9.17, 15) is 43.5 Å². The van der Waals surface area contributed by atoms with Crippen LogP contribution in [0.15, 0.2) is 30.3 Å². The van der Waals surface area contributed by atoms with E-state index in [1.807, 2.05) is 6.92 Å². The molecule has 0 aromatic heterocycles. The molecule has 0 saturated heterocycles. The minimum Gasteiger partial charge on any atom is -0.394 e. The molecule has 0 aliphatic rings. The lowest BCUT2D eigenvalue weighted by atomic mass is 9.97. The standard InChI is InChI=1S/C33H52N8O10/c1-6-19(4)28(37-20(5)44)33(51)40-23(13-21-10-8-7-9-11-21)31(49)41-25(17-43)32(50)39-22(12-18(2)3)30(48)36-14-26(45)35-15-27(46)38-24(16-42)29(34)47/h7-11,18-19,22-25,28,42-43H,6,12-17H2,1-5H3,(H2,34,47)(H,35,45)(H,36,48)(H,37,44)(H,38,46)(H,39,50)(H,40,51)(H,41,49)/t19-,22-,23-,24-,25-,28-/m0/s1. The summed E-state index contributed by atoms with van der Waals surface area (Å²) in [6, 6.07) is 2.50. The minimum atomic E-state index is -1.54. The van der Waals surface area contributed by atoms with E-state index < -0.39 is 104 Å². The Balaban J connectivity index is 3.00. The summed E-state index contributed by atoms with van der Waals surface area (Å²) in [5, 5.41) is 36.0. The molecule has 51 heavy (non-hydrogen) atoms. The lowest BCUT2D eigenvalue weighted by Crippen LogP contribution is -2.60. The van der Waals surface area contributed by atoms with Crippen molar-refractivity contribution < 1.29 is 48.6 Å². The van der Waals surface area contributed by atoms with Gasteiger partial charge in [0.2, 0.25) is 47.3 Å². The molecule has 0 fully saturated rings. The number of aliphatic hydroxyl groups is 2. The summed E-state index contributed by atoms with van der Waals surface area (Å²) in [6.45, 7) is 5.67. The number of primary amides is 1. The van der Waals surface area contributed by atoms with Crippen LogP contribution >= 0.6 is 0 Å². The highest BCUT2D eigenvalue weighted by Crippen LogP contribution is 2.11. The Labute approximate surface area is 296 Å². The number of hydrogen-bond donors (Lipinski definition) is 10. The summed E-state index contributed by atoms with van der Waals surface area (Å²) in [5.41, 5.74) is 5.72. The van der Waals surface area contributed by atoms with Crippen molar-refractivity contribution in [3.05, 3.63) is 35.9 Å². The van der Waals surface area contributed by atoms with Crippen molar-refractivity contribution in [1.29, 1.82) is 0 Å². The van der Waals surface area contributed by atoms with Crippen molar-refractivity contribution in [2.45, 2.75) is 84.1 Å². The van der Waals surface area contributed by atoms with Gasteiger partial charge in [-0.15, -0.1) is 0 Å². The summed E-state index contributed by atoms with van der Waals surface area (Å²) in [6.07, 6.45) is 0.675. The molecule has 0 spiro atoms. The molecular formula is C33H52N8O10. The van der Waals surface area contributed by atoms with Gasteiger partial charge in [-0.05, 0) is 23.8 Å². The van der Waals surface area contributed by atoms with Crippen LogP contribution in [0.4, 0.5) is 0 Å². The number of carbonyl (C=O) groups excluding carboxylic acids is 8. The predicted octanol–water partition coefficient (Wildman–Crippen LogP) is -3.53. The number of hydrogen-bond acceptors (Lipinski definition) is 10. The fourth-order valence-corrected chi connectivity index (χ4v) is 4.67. The Bertz CT molecular complexity index is 1360. The van der Waals surface area contributed by atoms with Gasteiger partial charge in [0.15, 0.2) is 0 Å². The maximum atomic E-state index is 13.5. The predicted molar refractivity (Wildman–Crippen MR) is 184 cm³/mol. The van der Waals surface area contributed by atoms with Crippen molar-refractivity contribution in [3.63, 3.8) is 0 Å². The third-order valence-corrected chi connectivity index (χ3v) is 7.66. The van der Waals surface area contributed by atoms with Gasteiger partial charge in [0, 0.05) is 13.3 Å². The summed E-state index contributed by atoms with van der Waals surface area (Å²) in [7, 11) is 0. The maximum absolute atomic E-state index is 13.5. The van der Waals surface area contributed by atoms with Crippen molar-refractivity contribution in [2.24, 2.45) is 17.6 Å². The van der Waals surface area contributed by atoms with E-state index in [1.54, 1.807) is 51.1 Å². The summed E-state index contributed by atoms with van der Waals surface area (Å²) < 4.78 is 0. The van der Waals surface area contributed by atoms with Crippen LogP contribution < -0.4 is 43.0 Å². The number of rotatable bonds is 22. The molecule has 0 aliphatic carbocycles. The Morgan fingerprint density at radius 1 is 0.667 bits per heavy atom. The van der Waals surface area contributed by atoms with Crippen LogP contribution in [-0.4, -0.2) is 114 Å². The van der Waals surface area contributed by atoms with Gasteiger partial charge in [-0.2, -0.15) is 0 Å². The van der Waals surface area contributed by atoms with Crippen molar-refractivity contribution >= 4 is 47.3 Å². The van der Waals surface area contributed by atoms with Gasteiger partial charge in [-0.1, -0.05) is 64.4 Å². The highest BCUT2D eigenvalue weighted by molar-refractivity contribution is 5.96. The molecule has 18 heteroatoms. The first-order chi connectivity index (χ1) is 24.0. The lowest BCUT2D eigenvalue weighted by Gasteiger charge is -2.27. The number of carbonyl (C=O) groups is 8. The molecule has 18 nitrogen and oxygen atoms in total. The Kier molecular flexibility index (Phi) is 19.4. The Hall–Kier alpha value is -5.10. The monoisotopic (exact) mass is 720 g/mol. The topological polar surface area (TPSA) is 287 Å². The normalized spacial score (nSPS) is 14.4. The first kappa shape index (κ1) is 43.9. The lowest BCUT2D eigenvalue weighted by molar-refractivity contribution is -0.135. The average molecular weight is 721 g/mol. The SMILES string of the molecule is CC[C@H](C)[C@H](NC(C)=O)C(=O)N[C@@H](Cc1ccccc1)C(=O)N[C@@H](CO)C(=O)N[C@@H](CC(C)C)C(=O)NCC(=O)NCC(=O)N[C@@H](CO)C(N)=O. The van der Waals surface area contributed by atoms with Gasteiger partial charge in [0.05, 0.1) is 26.3 Å². The molecule has 0 heterocycles. The van der Waals surface area contributed by atoms with Gasteiger partial charge in [-0.25, -0.2) is 0 Å². The van der Waals surface area contributed by atoms with Crippen molar-refractivity contribution in [2.75, 3.05) is 26.3 Å². The van der Waals surface area contributed by atoms with E-state index in [0.717, 1.165) is 0 Å². The van der Waals surface area contributed by atoms with E-state index in [-0.39, 0.29) is 24.7 Å². The summed E-state index contributed by atoms with van der Waals surface area (Å²) >= 11 is 0. The molecule has 0 saturated carbocycles. The highest BCUT2D eigenvalue weighted by Gasteiger charge is 2.32. The first-order valence-electron chi connectivity index (χ1n) is 16.6. The number of amides is 8. The first-order valence-corrected chi connectivity index (χ1v) is 16.6. The number of nitrogens with one attached hydrogen (secondary N) is 7.